The van der Waals surface area contributed by atoms with E-state index in [4.69, 9.17) is 0 Å². The van der Waals surface area contributed by atoms with Crippen molar-refractivity contribution in [1.29, 1.82) is 0 Å². The highest BCUT2D eigenvalue weighted by Crippen LogP contribution is 2.66. The smallest absolute Gasteiger partial charge is 0.129 e. The Morgan fingerprint density at radius 1 is 0.625 bits per heavy atom. The van der Waals surface area contributed by atoms with E-state index in [1.807, 2.05) is 36.4 Å². The van der Waals surface area contributed by atoms with Crippen molar-refractivity contribution in [3.63, 3.8) is 0 Å². The summed E-state index contributed by atoms with van der Waals surface area (Å²) in [6.45, 7) is 0. The van der Waals surface area contributed by atoms with Crippen LogP contribution in [0.1, 0.15) is 60.8 Å². The highest BCUT2D eigenvalue weighted by Gasteiger charge is 2.58. The minimum atomic E-state index is 0.213. The van der Waals surface area contributed by atoms with Gasteiger partial charge in [-0.15, -0.1) is 0 Å². The molecule has 4 saturated carbocycles. The van der Waals surface area contributed by atoms with Gasteiger partial charge in [0.15, 0.2) is 0 Å². The van der Waals surface area contributed by atoms with Gasteiger partial charge in [-0.25, -0.2) is 0 Å². The fraction of sp³-hybridized carbons (Fsp3) is 0.294. The molecule has 2 aromatic carbocycles. The number of halogens is 2. The molecular formula is C34H32Br2N2O2. The molecule has 4 bridgehead atoms. The van der Waals surface area contributed by atoms with Crippen molar-refractivity contribution < 1.29 is 10.2 Å². The van der Waals surface area contributed by atoms with Crippen molar-refractivity contribution in [2.75, 3.05) is 0 Å². The van der Waals surface area contributed by atoms with Crippen LogP contribution in [0.5, 0.6) is 11.5 Å². The van der Waals surface area contributed by atoms with Crippen LogP contribution in [0, 0.1) is 11.8 Å². The van der Waals surface area contributed by atoms with Crippen molar-refractivity contribution in [3.05, 3.63) is 117 Å². The number of phenolic OH excluding ortho intramolecular Hbond substituents is 2. The number of hydrogen-bond donors (Lipinski definition) is 2. The summed E-state index contributed by atoms with van der Waals surface area (Å²) in [5.74, 6) is 2.18. The molecule has 8 rings (SSSR count). The Kier molecular flexibility index (Phi) is 7.58. The summed E-state index contributed by atoms with van der Waals surface area (Å²) < 4.78 is 1.60. The van der Waals surface area contributed by atoms with Gasteiger partial charge in [0.1, 0.15) is 11.5 Å². The third kappa shape index (κ3) is 5.48. The molecule has 0 atom stereocenters. The van der Waals surface area contributed by atoms with Gasteiger partial charge >= 0.3 is 0 Å². The molecule has 2 aromatic heterocycles. The number of rotatable bonds is 4. The van der Waals surface area contributed by atoms with Gasteiger partial charge in [0, 0.05) is 24.8 Å². The molecule has 4 aliphatic rings. The van der Waals surface area contributed by atoms with E-state index in [0.717, 1.165) is 31.9 Å². The maximum atomic E-state index is 9.93. The Hall–Kier alpha value is -2.96. The number of benzene rings is 2. The van der Waals surface area contributed by atoms with Gasteiger partial charge in [-0.2, -0.15) is 0 Å². The largest absolute Gasteiger partial charge is 0.507 e. The third-order valence-electron chi connectivity index (χ3n) is 9.06. The van der Waals surface area contributed by atoms with Gasteiger partial charge in [0.05, 0.1) is 8.95 Å². The summed E-state index contributed by atoms with van der Waals surface area (Å²) in [6, 6.07) is 20.1. The Morgan fingerprint density at radius 3 is 1.40 bits per heavy atom. The summed E-state index contributed by atoms with van der Waals surface area (Å²) >= 11 is 7.03. The molecule has 0 aliphatic heterocycles. The van der Waals surface area contributed by atoms with Crippen LogP contribution in [-0.4, -0.2) is 20.2 Å². The lowest BCUT2D eigenvalue weighted by atomic mass is 9.42. The second kappa shape index (κ2) is 11.1. The number of aromatic nitrogens is 2. The summed E-state index contributed by atoms with van der Waals surface area (Å²) in [6.07, 6.45) is 18.8. The average Bonchev–Trinajstić information content (AvgIpc) is 2.95. The number of phenols is 2. The Bertz CT molecular complexity index is 1400. The molecule has 0 spiro atoms. The van der Waals surface area contributed by atoms with E-state index in [9.17, 15) is 10.2 Å². The molecule has 204 valence electrons. The molecule has 40 heavy (non-hydrogen) atoms. The first kappa shape index (κ1) is 27.2. The Labute approximate surface area is 252 Å². The van der Waals surface area contributed by atoms with Crippen LogP contribution in [0.15, 0.2) is 94.4 Å². The normalized spacial score (nSPS) is 26.4. The topological polar surface area (TPSA) is 66.2 Å². The van der Waals surface area contributed by atoms with Gasteiger partial charge in [0.25, 0.3) is 0 Å². The summed E-state index contributed by atoms with van der Waals surface area (Å²) in [7, 11) is 0. The molecule has 0 amide bonds. The van der Waals surface area contributed by atoms with E-state index in [0.29, 0.717) is 11.5 Å². The van der Waals surface area contributed by atoms with Crippen molar-refractivity contribution in [2.45, 2.75) is 49.4 Å². The molecule has 0 radical (unpaired) electrons. The lowest BCUT2D eigenvalue weighted by Crippen LogP contribution is -2.55. The molecular weight excluding hydrogens is 628 g/mol. The maximum absolute atomic E-state index is 9.93. The van der Waals surface area contributed by atoms with Crippen molar-refractivity contribution >= 4 is 44.0 Å². The minimum Gasteiger partial charge on any atom is -0.507 e. The van der Waals surface area contributed by atoms with Crippen molar-refractivity contribution in [2.24, 2.45) is 11.8 Å². The number of aromatic hydroxyl groups is 2. The third-order valence-corrected chi connectivity index (χ3v) is 10.3. The van der Waals surface area contributed by atoms with Gasteiger partial charge in [-0.1, -0.05) is 24.3 Å². The minimum absolute atomic E-state index is 0.213. The van der Waals surface area contributed by atoms with E-state index in [2.05, 4.69) is 78.2 Å². The summed E-state index contributed by atoms with van der Waals surface area (Å²) in [5.41, 5.74) is 5.47. The Morgan fingerprint density at radius 2 is 1.02 bits per heavy atom. The van der Waals surface area contributed by atoms with Crippen LogP contribution in [0.25, 0.3) is 12.2 Å². The van der Waals surface area contributed by atoms with Crippen LogP contribution in [0.3, 0.4) is 0 Å². The van der Waals surface area contributed by atoms with Crippen LogP contribution in [0.4, 0.5) is 0 Å². The zero-order chi connectivity index (χ0) is 27.7. The first-order chi connectivity index (χ1) is 19.3. The molecule has 4 nitrogen and oxygen atoms in total. The quantitative estimate of drug-likeness (QED) is 0.229. The van der Waals surface area contributed by atoms with Crippen molar-refractivity contribution in [3.8, 4) is 11.5 Å². The Balaban J connectivity index is 0.000000175. The molecule has 4 fully saturated rings. The van der Waals surface area contributed by atoms with Crippen LogP contribution in [-0.2, 0) is 10.8 Å². The highest BCUT2D eigenvalue weighted by atomic mass is 79.9. The van der Waals surface area contributed by atoms with Crippen LogP contribution >= 0.6 is 31.9 Å². The number of hydrogen-bond acceptors (Lipinski definition) is 4. The van der Waals surface area contributed by atoms with E-state index in [1.54, 1.807) is 24.8 Å². The van der Waals surface area contributed by atoms with E-state index >= 15 is 0 Å². The number of pyridine rings is 2. The molecule has 6 heteroatoms. The number of nitrogens with zero attached hydrogens (tertiary/aromatic N) is 2. The van der Waals surface area contributed by atoms with Crippen molar-refractivity contribution in [1.82, 2.24) is 9.97 Å². The SMILES string of the molecule is C(=C\c1ccncc1)/c1ccncc1.Oc1ccc(C23CC4CC(C2)CC(c2ccc(O)c(Br)c2)(C4)C3)cc1Br. The molecule has 2 heterocycles. The molecule has 4 aliphatic carbocycles. The molecule has 4 aromatic rings. The first-order valence-corrected chi connectivity index (χ1v) is 15.4. The molecule has 2 N–H and O–H groups in total. The maximum Gasteiger partial charge on any atom is 0.129 e. The predicted molar refractivity (Wildman–Crippen MR) is 167 cm³/mol. The van der Waals surface area contributed by atoms with E-state index in [1.165, 1.54) is 49.7 Å². The molecule has 0 saturated heterocycles. The second-order valence-corrected chi connectivity index (χ2v) is 13.5. The average molecular weight is 660 g/mol. The van der Waals surface area contributed by atoms with Gasteiger partial charge in [-0.3, -0.25) is 9.97 Å². The zero-order valence-electron chi connectivity index (χ0n) is 22.2. The van der Waals surface area contributed by atoms with Gasteiger partial charge in [0.2, 0.25) is 0 Å². The fourth-order valence-electron chi connectivity index (χ4n) is 7.75. The zero-order valence-corrected chi connectivity index (χ0v) is 25.4. The predicted octanol–water partition coefficient (Wildman–Crippen LogP) is 9.06. The monoisotopic (exact) mass is 658 g/mol. The standard InChI is InChI=1S/C22H22Br2O2.C12H10N2/c23-17-6-15(1-3-19(17)25)21-8-13-5-14(9-21)11-22(10-13,12-21)16-2-4-20(26)18(24)7-16;1(11-3-7-13-8-4-11)2-12-5-9-14-10-6-12/h1-4,6-7,13-14,25-26H,5,8-12H2;1-10H/b;2-1+. The first-order valence-electron chi connectivity index (χ1n) is 13.8. The summed E-state index contributed by atoms with van der Waals surface area (Å²) in [5, 5.41) is 19.9. The highest BCUT2D eigenvalue weighted by molar-refractivity contribution is 9.10. The summed E-state index contributed by atoms with van der Waals surface area (Å²) in [4.78, 5) is 7.91. The fourth-order valence-corrected chi connectivity index (χ4v) is 8.51. The molecule has 0 unspecified atom stereocenters. The van der Waals surface area contributed by atoms with Gasteiger partial charge in [-0.05, 0) is 164 Å². The van der Waals surface area contributed by atoms with Crippen LogP contribution < -0.4 is 0 Å². The van der Waals surface area contributed by atoms with E-state index in [-0.39, 0.29) is 10.8 Å². The second-order valence-electron chi connectivity index (χ2n) is 11.7. The van der Waals surface area contributed by atoms with Gasteiger partial charge < -0.3 is 10.2 Å². The van der Waals surface area contributed by atoms with Crippen LogP contribution in [0.2, 0.25) is 0 Å². The lowest BCUT2D eigenvalue weighted by Gasteiger charge is -2.63. The van der Waals surface area contributed by atoms with E-state index < -0.39 is 0 Å². The lowest BCUT2D eigenvalue weighted by molar-refractivity contribution is -0.0282.